The number of pyridine rings is 1. The maximum Gasteiger partial charge on any atom is 0.330 e. The molecule has 0 spiro atoms. The number of hydrogen-bond acceptors (Lipinski definition) is 13. The van der Waals surface area contributed by atoms with Crippen LogP contribution >= 0.6 is 140 Å². The van der Waals surface area contributed by atoms with Gasteiger partial charge in [-0.05, 0) is 227 Å². The molecular weight excluding hydrogens is 1620 g/mol. The van der Waals surface area contributed by atoms with Crippen LogP contribution in [0.5, 0.6) is 17.2 Å². The second-order valence-corrected chi connectivity index (χ2v) is 27.8. The van der Waals surface area contributed by atoms with Crippen LogP contribution in [0.4, 0.5) is 17.1 Å². The summed E-state index contributed by atoms with van der Waals surface area (Å²) >= 11 is 36.0. The van der Waals surface area contributed by atoms with Gasteiger partial charge in [0.2, 0.25) is 0 Å². The molecular formula is C73H64Br3Cl3IN3O8S3. The SMILES string of the molecule is CCOC(=O)/C=C/c1cc(SCc2ccccc2)ccc1N.CCOC(=O)/C=C/c1cc(SCc2ccccc2)ccc1Nc1cc(Cl)c(Br)cc1OC.COc1cc(Br)c(Cl)cc1-n1c(=O)ccc2cc(SCc3ccccc3)ccc21.COc1cc(Br)c(Cl)cc1I. The number of halogens is 7. The minimum absolute atomic E-state index is 0.140. The monoisotopic (exact) mass is 1670 g/mol. The Morgan fingerprint density at radius 2 is 0.968 bits per heavy atom. The van der Waals surface area contributed by atoms with Gasteiger partial charge in [-0.2, -0.15) is 0 Å². The first-order chi connectivity index (χ1) is 45.4. The molecule has 9 aromatic carbocycles. The first-order valence-electron chi connectivity index (χ1n) is 28.8. The molecule has 21 heteroatoms. The average Bonchev–Trinajstić information content (AvgIpc) is 0.777. The van der Waals surface area contributed by atoms with Gasteiger partial charge in [0.1, 0.15) is 17.2 Å². The van der Waals surface area contributed by atoms with Crippen molar-refractivity contribution in [1.82, 2.24) is 4.57 Å². The number of nitrogens with zero attached hydrogens (tertiary/aromatic N) is 1. The summed E-state index contributed by atoms with van der Waals surface area (Å²) in [5.41, 5.74) is 14.9. The van der Waals surface area contributed by atoms with Crippen LogP contribution in [-0.4, -0.2) is 51.0 Å². The molecule has 3 N–H and O–H groups in total. The van der Waals surface area contributed by atoms with Gasteiger partial charge in [-0.1, -0.05) is 126 Å². The Hall–Kier alpha value is -6.30. The zero-order chi connectivity index (χ0) is 67.5. The van der Waals surface area contributed by atoms with E-state index in [0.717, 1.165) is 83.6 Å². The Bertz CT molecular complexity index is 4310. The number of nitrogen functional groups attached to an aromatic ring is 1. The third-order valence-electron chi connectivity index (χ3n) is 13.2. The van der Waals surface area contributed by atoms with Crippen molar-refractivity contribution in [3.8, 4) is 22.9 Å². The maximum atomic E-state index is 12.7. The van der Waals surface area contributed by atoms with Crippen LogP contribution in [0.3, 0.4) is 0 Å². The molecule has 0 saturated heterocycles. The standard InChI is InChI=1S/C25H23BrClNO3S.C23H17BrClNO2S.C18H19NO2S.C7H5BrClIO/c1-3-31-25(29)12-9-18-13-19(32-16-17-7-5-4-6-8-17)10-11-22(18)28-23-15-21(27)20(26)14-24(23)30-2;1-28-22-12-18(24)19(25)13-21(22)26-20-9-8-17(11-16(20)7-10-23(26)27)29-14-15-5-3-2-4-6-15;1-2-21-18(20)11-8-15-12-16(9-10-17(15)19)22-13-14-6-4-3-5-7-14;1-11-7-2-4(8)5(9)3-6(7)10/h4-15,28H,3,16H2,1-2H3;2-13H,14H2,1H3;3-12H,2,13,19H2,1H3;2-3H,1H3/b12-9+;;11-8+;. The highest BCUT2D eigenvalue weighted by atomic mass is 127. The molecule has 0 unspecified atom stereocenters. The van der Waals surface area contributed by atoms with Gasteiger partial charge in [0.05, 0.1) is 70.1 Å². The van der Waals surface area contributed by atoms with Gasteiger partial charge in [0, 0.05) is 75.0 Å². The topological polar surface area (TPSA) is 140 Å². The van der Waals surface area contributed by atoms with Crippen molar-refractivity contribution in [2.24, 2.45) is 0 Å². The number of carbonyl (C=O) groups is 2. The van der Waals surface area contributed by atoms with Crippen LogP contribution in [0, 0.1) is 3.57 Å². The minimum Gasteiger partial charge on any atom is -0.496 e. The van der Waals surface area contributed by atoms with E-state index in [2.05, 4.69) is 118 Å². The molecule has 1 heterocycles. The lowest BCUT2D eigenvalue weighted by molar-refractivity contribution is -0.138. The molecule has 0 saturated carbocycles. The second kappa shape index (κ2) is 39.0. The summed E-state index contributed by atoms with van der Waals surface area (Å²) in [5.74, 6) is 3.94. The summed E-state index contributed by atoms with van der Waals surface area (Å²) in [5, 5.41) is 6.13. The number of anilines is 3. The highest BCUT2D eigenvalue weighted by Gasteiger charge is 2.16. The van der Waals surface area contributed by atoms with E-state index in [1.54, 1.807) is 111 Å². The largest absolute Gasteiger partial charge is 0.496 e. The van der Waals surface area contributed by atoms with Crippen LogP contribution in [0.2, 0.25) is 15.1 Å². The molecule has 94 heavy (non-hydrogen) atoms. The average molecular weight is 1680 g/mol. The van der Waals surface area contributed by atoms with Crippen LogP contribution in [0.1, 0.15) is 41.7 Å². The smallest absolute Gasteiger partial charge is 0.330 e. The minimum atomic E-state index is -0.384. The van der Waals surface area contributed by atoms with E-state index in [4.69, 9.17) is 64.2 Å². The number of nitrogens with two attached hydrogens (primary N) is 1. The highest BCUT2D eigenvalue weighted by molar-refractivity contribution is 14.1. The van der Waals surface area contributed by atoms with Crippen molar-refractivity contribution in [3.05, 3.63) is 277 Å². The normalized spacial score (nSPS) is 10.8. The van der Waals surface area contributed by atoms with Gasteiger partial charge in [0.25, 0.3) is 5.56 Å². The molecule has 0 aliphatic carbocycles. The zero-order valence-corrected chi connectivity index (χ0v) is 63.1. The Labute approximate surface area is 615 Å². The lowest BCUT2D eigenvalue weighted by Crippen LogP contribution is -2.18. The molecule has 0 fully saturated rings. The van der Waals surface area contributed by atoms with E-state index in [0.29, 0.717) is 55.6 Å². The van der Waals surface area contributed by atoms with E-state index in [-0.39, 0.29) is 17.5 Å². The van der Waals surface area contributed by atoms with Crippen molar-refractivity contribution in [2.45, 2.75) is 45.8 Å². The Kier molecular flexibility index (Phi) is 31.2. The molecule has 0 aliphatic heterocycles. The van der Waals surface area contributed by atoms with Crippen LogP contribution < -0.4 is 30.8 Å². The van der Waals surface area contributed by atoms with E-state index in [9.17, 15) is 14.4 Å². The number of methoxy groups -OCH3 is 3. The number of aromatic nitrogens is 1. The lowest BCUT2D eigenvalue weighted by atomic mass is 10.1. The third-order valence-corrected chi connectivity index (χ3v) is 20.9. The number of fused-ring (bicyclic) bond motifs is 1. The van der Waals surface area contributed by atoms with Crippen LogP contribution in [-0.2, 0) is 36.3 Å². The lowest BCUT2D eigenvalue weighted by Gasteiger charge is -2.15. The van der Waals surface area contributed by atoms with Crippen LogP contribution in [0.15, 0.2) is 239 Å². The summed E-state index contributed by atoms with van der Waals surface area (Å²) in [4.78, 5) is 39.3. The van der Waals surface area contributed by atoms with E-state index >= 15 is 0 Å². The number of rotatable bonds is 21. The molecule has 0 bridgehead atoms. The zero-order valence-electron chi connectivity index (χ0n) is 51.5. The predicted molar refractivity (Wildman–Crippen MR) is 413 cm³/mol. The van der Waals surface area contributed by atoms with Crippen molar-refractivity contribution in [1.29, 1.82) is 0 Å². The fourth-order valence-corrected chi connectivity index (χ4v) is 13.6. The summed E-state index contributed by atoms with van der Waals surface area (Å²) in [6.45, 7) is 4.26. The molecule has 10 aromatic rings. The number of thioether (sulfide) groups is 3. The number of hydrogen-bond donors (Lipinski definition) is 2. The number of esters is 2. The number of carbonyl (C=O) groups excluding carboxylic acids is 2. The fraction of sp³-hybridized carbons (Fsp3) is 0.137. The molecule has 1 aromatic heterocycles. The number of benzene rings is 9. The number of nitrogens with one attached hydrogen (secondary N) is 1. The molecule has 0 atom stereocenters. The van der Waals surface area contributed by atoms with E-state index in [1.807, 2.05) is 127 Å². The molecule has 0 amide bonds. The summed E-state index contributed by atoms with van der Waals surface area (Å²) in [6, 6.07) is 63.2. The number of ether oxygens (including phenoxy) is 5. The maximum absolute atomic E-state index is 12.7. The first kappa shape index (κ1) is 75.1. The molecule has 486 valence electrons. The Morgan fingerprint density at radius 1 is 0.521 bits per heavy atom. The van der Waals surface area contributed by atoms with Gasteiger partial charge in [-0.25, -0.2) is 9.59 Å². The summed E-state index contributed by atoms with van der Waals surface area (Å²) in [6.07, 6.45) is 6.28. The fourth-order valence-electron chi connectivity index (χ4n) is 8.61. The Balaban J connectivity index is 0.000000187. The molecule has 0 radical (unpaired) electrons. The van der Waals surface area contributed by atoms with Crippen molar-refractivity contribution < 1.29 is 33.3 Å². The van der Waals surface area contributed by atoms with Gasteiger partial charge < -0.3 is 34.7 Å². The molecule has 11 nitrogen and oxygen atoms in total. The van der Waals surface area contributed by atoms with E-state index < -0.39 is 0 Å². The first-order valence-corrected chi connectivity index (χ1v) is 36.4. The van der Waals surface area contributed by atoms with Gasteiger partial charge >= 0.3 is 11.9 Å². The highest BCUT2D eigenvalue weighted by Crippen LogP contribution is 2.39. The summed E-state index contributed by atoms with van der Waals surface area (Å²) in [7, 11) is 4.82. The quantitative estimate of drug-likeness (QED) is 0.0176. The van der Waals surface area contributed by atoms with Gasteiger partial charge in [-0.15, -0.1) is 35.3 Å². The van der Waals surface area contributed by atoms with E-state index in [1.165, 1.54) is 28.8 Å². The van der Waals surface area contributed by atoms with Crippen molar-refractivity contribution in [2.75, 3.05) is 45.6 Å². The van der Waals surface area contributed by atoms with Crippen molar-refractivity contribution >= 4 is 193 Å². The summed E-state index contributed by atoms with van der Waals surface area (Å²) < 4.78 is 30.9. The van der Waals surface area contributed by atoms with Crippen molar-refractivity contribution in [3.63, 3.8) is 0 Å². The predicted octanol–water partition coefficient (Wildman–Crippen LogP) is 22.3. The van der Waals surface area contributed by atoms with Crippen LogP contribution in [0.25, 0.3) is 28.7 Å². The molecule has 10 rings (SSSR count). The molecule has 0 aliphatic rings. The van der Waals surface area contributed by atoms with Gasteiger partial charge in [0.15, 0.2) is 0 Å². The second-order valence-electron chi connectivity index (χ2n) is 19.7. The third kappa shape index (κ3) is 23.2. The Morgan fingerprint density at radius 3 is 1.49 bits per heavy atom. The van der Waals surface area contributed by atoms with Gasteiger partial charge in [-0.3, -0.25) is 9.36 Å².